The maximum Gasteiger partial charge on any atom is 0.326 e. The van der Waals surface area contributed by atoms with Gasteiger partial charge in [0.2, 0.25) is 0 Å². The molecule has 0 saturated carbocycles. The van der Waals surface area contributed by atoms with Crippen LogP contribution in [0.15, 0.2) is 146 Å². The molecule has 3 atom stereocenters. The number of benzene rings is 5. The number of carbonyl (C=O) groups is 3. The van der Waals surface area contributed by atoms with E-state index in [0.29, 0.717) is 25.8 Å². The standard InChI is InChI=1S/C45H48N2O5/c1-33(2)30-47(31-40(24-23-34-15-7-3-8-16-34)44(50)52-32-36-19-11-5-12-20-36)45(51)46-42(43(48)49)41(29-35-17-9-4-10-18-35)39-27-25-38(26-28-39)37-21-13-6-14-22-37/h3-22,25-28,33,40-42H,23-24,29-32H2,1-2H3,(H,46,51)(H,48,49)/t40-,41?,42-/m0/s1. The normalized spacial score (nSPS) is 12.8. The fraction of sp³-hybridized carbons (Fsp3) is 0.267. The van der Waals surface area contributed by atoms with Crippen LogP contribution in [0.1, 0.15) is 48.4 Å². The largest absolute Gasteiger partial charge is 0.480 e. The number of amides is 2. The van der Waals surface area contributed by atoms with Crippen molar-refractivity contribution in [3.05, 3.63) is 168 Å². The minimum atomic E-state index is -1.24. The van der Waals surface area contributed by atoms with E-state index < -0.39 is 35.8 Å². The van der Waals surface area contributed by atoms with Gasteiger partial charge in [0.15, 0.2) is 0 Å². The number of nitrogens with one attached hydrogen (secondary N) is 1. The van der Waals surface area contributed by atoms with Gasteiger partial charge in [0.1, 0.15) is 12.6 Å². The molecule has 0 aliphatic rings. The molecule has 2 N–H and O–H groups in total. The van der Waals surface area contributed by atoms with Gasteiger partial charge in [-0.05, 0) is 58.6 Å². The van der Waals surface area contributed by atoms with Crippen LogP contribution in [0.25, 0.3) is 11.1 Å². The smallest absolute Gasteiger partial charge is 0.326 e. The van der Waals surface area contributed by atoms with Crippen molar-refractivity contribution in [1.29, 1.82) is 0 Å². The topological polar surface area (TPSA) is 95.9 Å². The predicted octanol–water partition coefficient (Wildman–Crippen LogP) is 8.79. The molecule has 5 aromatic carbocycles. The van der Waals surface area contributed by atoms with Crippen LogP contribution >= 0.6 is 0 Å². The van der Waals surface area contributed by atoms with Crippen molar-refractivity contribution < 1.29 is 24.2 Å². The molecular formula is C45H48N2O5. The summed E-state index contributed by atoms with van der Waals surface area (Å²) in [7, 11) is 0. The number of rotatable bonds is 17. The van der Waals surface area contributed by atoms with Gasteiger partial charge in [-0.25, -0.2) is 9.59 Å². The fourth-order valence-electron chi connectivity index (χ4n) is 6.47. The van der Waals surface area contributed by atoms with E-state index in [-0.39, 0.29) is 19.1 Å². The molecule has 0 aromatic heterocycles. The minimum absolute atomic E-state index is 0.0646. The van der Waals surface area contributed by atoms with E-state index in [1.54, 1.807) is 4.90 Å². The first-order valence-electron chi connectivity index (χ1n) is 18.0. The number of hydrogen-bond acceptors (Lipinski definition) is 4. The van der Waals surface area contributed by atoms with Gasteiger partial charge < -0.3 is 20.1 Å². The number of hydrogen-bond donors (Lipinski definition) is 2. The molecule has 52 heavy (non-hydrogen) atoms. The summed E-state index contributed by atoms with van der Waals surface area (Å²) < 4.78 is 5.80. The lowest BCUT2D eigenvalue weighted by Crippen LogP contribution is -2.53. The molecule has 7 heteroatoms. The molecule has 5 aromatic rings. The Labute approximate surface area is 307 Å². The molecule has 0 aliphatic heterocycles. The molecule has 0 radical (unpaired) electrons. The molecule has 1 unspecified atom stereocenters. The number of carbonyl (C=O) groups excluding carboxylic acids is 2. The number of aliphatic carboxylic acids is 1. The van der Waals surface area contributed by atoms with Gasteiger partial charge in [-0.3, -0.25) is 4.79 Å². The lowest BCUT2D eigenvalue weighted by Gasteiger charge is -2.32. The van der Waals surface area contributed by atoms with Gasteiger partial charge in [-0.2, -0.15) is 0 Å². The van der Waals surface area contributed by atoms with Crippen LogP contribution in [-0.2, 0) is 33.8 Å². The van der Waals surface area contributed by atoms with E-state index >= 15 is 0 Å². The van der Waals surface area contributed by atoms with E-state index in [9.17, 15) is 19.5 Å². The van der Waals surface area contributed by atoms with Crippen LogP contribution < -0.4 is 5.32 Å². The average Bonchev–Trinajstić information content (AvgIpc) is 3.17. The molecule has 0 heterocycles. The van der Waals surface area contributed by atoms with Gasteiger partial charge in [0.05, 0.1) is 5.92 Å². The number of ether oxygens (including phenoxy) is 1. The van der Waals surface area contributed by atoms with Crippen molar-refractivity contribution >= 4 is 18.0 Å². The van der Waals surface area contributed by atoms with Gasteiger partial charge in [-0.15, -0.1) is 0 Å². The maximum atomic E-state index is 14.2. The van der Waals surface area contributed by atoms with Crippen molar-refractivity contribution in [3.63, 3.8) is 0 Å². The molecule has 268 valence electrons. The van der Waals surface area contributed by atoms with E-state index in [2.05, 4.69) is 5.32 Å². The Kier molecular flexibility index (Phi) is 13.8. The summed E-state index contributed by atoms with van der Waals surface area (Å²) in [6.45, 7) is 4.54. The number of esters is 1. The Morgan fingerprint density at radius 3 is 1.73 bits per heavy atom. The molecule has 7 nitrogen and oxygen atoms in total. The molecule has 0 saturated heterocycles. The Morgan fingerprint density at radius 2 is 1.17 bits per heavy atom. The molecule has 2 amide bonds. The average molecular weight is 697 g/mol. The molecule has 5 rings (SSSR count). The summed E-state index contributed by atoms with van der Waals surface area (Å²) in [5.41, 5.74) is 5.79. The Hall–Kier alpha value is -5.69. The summed E-state index contributed by atoms with van der Waals surface area (Å²) in [5.74, 6) is -2.65. The van der Waals surface area contributed by atoms with Crippen LogP contribution in [0.5, 0.6) is 0 Å². The number of nitrogens with zero attached hydrogens (tertiary/aromatic N) is 1. The second-order valence-corrected chi connectivity index (χ2v) is 13.7. The third-order valence-corrected chi connectivity index (χ3v) is 9.19. The lowest BCUT2D eigenvalue weighted by atomic mass is 9.85. The number of carboxylic acids is 1. The Bertz CT molecular complexity index is 1830. The highest BCUT2D eigenvalue weighted by Gasteiger charge is 2.34. The Morgan fingerprint density at radius 1 is 0.654 bits per heavy atom. The van der Waals surface area contributed by atoms with Crippen molar-refractivity contribution in [1.82, 2.24) is 10.2 Å². The summed E-state index contributed by atoms with van der Waals surface area (Å²) >= 11 is 0. The highest BCUT2D eigenvalue weighted by atomic mass is 16.5. The van der Waals surface area contributed by atoms with Crippen LogP contribution in [-0.4, -0.2) is 47.1 Å². The van der Waals surface area contributed by atoms with Crippen molar-refractivity contribution in [3.8, 4) is 11.1 Å². The van der Waals surface area contributed by atoms with Gasteiger partial charge in [0.25, 0.3) is 0 Å². The number of aryl methyl sites for hydroxylation is 1. The molecule has 0 spiro atoms. The van der Waals surface area contributed by atoms with Gasteiger partial charge in [0, 0.05) is 19.0 Å². The highest BCUT2D eigenvalue weighted by Crippen LogP contribution is 2.29. The summed E-state index contributed by atoms with van der Waals surface area (Å²) in [5, 5.41) is 13.6. The zero-order chi connectivity index (χ0) is 36.7. The zero-order valence-corrected chi connectivity index (χ0v) is 29.9. The SMILES string of the molecule is CC(C)CN(C[C@H](CCc1ccccc1)C(=O)OCc1ccccc1)C(=O)N[C@H](C(=O)O)C(Cc1ccccc1)c1ccc(-c2ccccc2)cc1. The van der Waals surface area contributed by atoms with Crippen LogP contribution in [0, 0.1) is 11.8 Å². The first-order chi connectivity index (χ1) is 25.3. The third-order valence-electron chi connectivity index (χ3n) is 9.19. The third kappa shape index (κ3) is 11.2. The number of urea groups is 1. The highest BCUT2D eigenvalue weighted by molar-refractivity contribution is 5.84. The number of carboxylic acid groups (broad SMARTS) is 1. The monoisotopic (exact) mass is 696 g/mol. The molecular weight excluding hydrogens is 649 g/mol. The second kappa shape index (κ2) is 19.1. The molecule has 0 aliphatic carbocycles. The van der Waals surface area contributed by atoms with E-state index in [4.69, 9.17) is 4.74 Å². The van der Waals surface area contributed by atoms with E-state index in [0.717, 1.165) is 33.4 Å². The van der Waals surface area contributed by atoms with Crippen molar-refractivity contribution in [2.75, 3.05) is 13.1 Å². The fourth-order valence-corrected chi connectivity index (χ4v) is 6.47. The van der Waals surface area contributed by atoms with E-state index in [1.807, 2.05) is 159 Å². The first kappa shape index (κ1) is 37.6. The lowest BCUT2D eigenvalue weighted by molar-refractivity contribution is -0.150. The second-order valence-electron chi connectivity index (χ2n) is 13.7. The van der Waals surface area contributed by atoms with E-state index in [1.165, 1.54) is 0 Å². The van der Waals surface area contributed by atoms with Crippen LogP contribution in [0.4, 0.5) is 4.79 Å². The van der Waals surface area contributed by atoms with Gasteiger partial charge >= 0.3 is 18.0 Å². The molecule has 0 bridgehead atoms. The quantitative estimate of drug-likeness (QED) is 0.0948. The van der Waals surface area contributed by atoms with Crippen LogP contribution in [0.2, 0.25) is 0 Å². The zero-order valence-electron chi connectivity index (χ0n) is 29.9. The minimum Gasteiger partial charge on any atom is -0.480 e. The Balaban J connectivity index is 1.39. The summed E-state index contributed by atoms with van der Waals surface area (Å²) in [6.07, 6.45) is 1.49. The summed E-state index contributed by atoms with van der Waals surface area (Å²) in [4.78, 5) is 42.6. The molecule has 0 fully saturated rings. The first-order valence-corrected chi connectivity index (χ1v) is 18.0. The summed E-state index contributed by atoms with van der Waals surface area (Å²) in [6, 6.07) is 45.2. The van der Waals surface area contributed by atoms with Crippen molar-refractivity contribution in [2.24, 2.45) is 11.8 Å². The van der Waals surface area contributed by atoms with Crippen molar-refractivity contribution in [2.45, 2.75) is 51.7 Å². The van der Waals surface area contributed by atoms with Gasteiger partial charge in [-0.1, -0.05) is 159 Å². The predicted molar refractivity (Wildman–Crippen MR) is 206 cm³/mol. The maximum absolute atomic E-state index is 14.2. The van der Waals surface area contributed by atoms with Crippen LogP contribution in [0.3, 0.4) is 0 Å².